The highest BCUT2D eigenvalue weighted by Gasteiger charge is 2.17. The molecular formula is C23H23Cl2N5O. The van der Waals surface area contributed by atoms with Crippen molar-refractivity contribution < 1.29 is 0 Å². The molecule has 4 rings (SSSR count). The van der Waals surface area contributed by atoms with Gasteiger partial charge >= 0.3 is 0 Å². The van der Waals surface area contributed by atoms with Crippen LogP contribution in [-0.4, -0.2) is 40.1 Å². The first-order valence-corrected chi connectivity index (χ1v) is 10.6. The monoisotopic (exact) mass is 455 g/mol. The Hall–Kier alpha value is -2.80. The smallest absolute Gasteiger partial charge is 0.258 e. The predicted molar refractivity (Wildman–Crippen MR) is 131 cm³/mol. The van der Waals surface area contributed by atoms with E-state index in [1.807, 2.05) is 56.9 Å². The number of benzene rings is 2. The normalized spacial score (nSPS) is 12.0. The number of rotatable bonds is 5. The summed E-state index contributed by atoms with van der Waals surface area (Å²) >= 11 is 12.6. The number of para-hydroxylation sites is 1. The van der Waals surface area contributed by atoms with Crippen molar-refractivity contribution in [2.24, 2.45) is 7.05 Å². The molecule has 0 saturated heterocycles. The largest absolute Gasteiger partial charge is 0.323 e. The molecule has 0 spiro atoms. The number of nitrogens with one attached hydrogen (secondary N) is 2. The number of likely N-dealkylation sites (N-methyl/N-ethyl adjacent to an activating group) is 1. The molecule has 2 N–H and O–H groups in total. The van der Waals surface area contributed by atoms with Crippen LogP contribution in [0.1, 0.15) is 11.3 Å². The number of fused-ring (bicyclic) bond motifs is 3. The molecule has 31 heavy (non-hydrogen) atoms. The second-order valence-corrected chi connectivity index (χ2v) is 8.54. The highest BCUT2D eigenvalue weighted by atomic mass is 35.5. The molecule has 0 unspecified atom stereocenters. The zero-order valence-corrected chi connectivity index (χ0v) is 19.3. The summed E-state index contributed by atoms with van der Waals surface area (Å²) in [6.45, 7) is 2.80. The van der Waals surface area contributed by atoms with Gasteiger partial charge < -0.3 is 19.8 Å². The summed E-state index contributed by atoms with van der Waals surface area (Å²) in [6.07, 6.45) is 3.98. The van der Waals surface area contributed by atoms with Crippen molar-refractivity contribution in [2.75, 3.05) is 26.0 Å². The summed E-state index contributed by atoms with van der Waals surface area (Å²) in [6, 6.07) is 9.17. The van der Waals surface area contributed by atoms with Crippen molar-refractivity contribution in [1.29, 1.82) is 0 Å². The summed E-state index contributed by atoms with van der Waals surface area (Å²) in [5, 5.41) is 5.69. The molecule has 0 bridgehead atoms. The lowest BCUT2D eigenvalue weighted by Crippen LogP contribution is -2.12. The third-order valence-corrected chi connectivity index (χ3v) is 5.90. The molecule has 0 fully saturated rings. The number of H-pyrrole nitrogens is 1. The first-order chi connectivity index (χ1) is 14.8. The Morgan fingerprint density at radius 1 is 1.19 bits per heavy atom. The van der Waals surface area contributed by atoms with Gasteiger partial charge in [0.15, 0.2) is 0 Å². The van der Waals surface area contributed by atoms with E-state index in [0.717, 1.165) is 28.7 Å². The van der Waals surface area contributed by atoms with Crippen molar-refractivity contribution in [3.8, 4) is 0 Å². The Morgan fingerprint density at radius 2 is 1.90 bits per heavy atom. The van der Waals surface area contributed by atoms with Crippen LogP contribution in [0.15, 0.2) is 41.2 Å². The van der Waals surface area contributed by atoms with Gasteiger partial charge in [-0.3, -0.25) is 4.79 Å². The minimum atomic E-state index is -0.152. The van der Waals surface area contributed by atoms with Gasteiger partial charge in [-0.1, -0.05) is 41.4 Å². The fraction of sp³-hybridized carbons (Fsp3) is 0.217. The summed E-state index contributed by atoms with van der Waals surface area (Å²) in [4.78, 5) is 22.8. The van der Waals surface area contributed by atoms with Gasteiger partial charge in [0, 0.05) is 19.3 Å². The zero-order chi connectivity index (χ0) is 22.3. The SMILES string of the molecule is Cc1c(/C=C/CN(C)C)[nH]c(=O)c2c1ccc1nc(Nc3c(Cl)cccc3Cl)n(C)c12. The maximum atomic E-state index is 13.1. The van der Waals surface area contributed by atoms with Gasteiger partial charge in [-0.2, -0.15) is 0 Å². The van der Waals surface area contributed by atoms with E-state index in [-0.39, 0.29) is 5.56 Å². The van der Waals surface area contributed by atoms with Crippen molar-refractivity contribution in [1.82, 2.24) is 19.4 Å². The molecule has 2 aromatic carbocycles. The molecular weight excluding hydrogens is 433 g/mol. The number of aryl methyl sites for hydroxylation is 2. The number of hydrogen-bond donors (Lipinski definition) is 2. The van der Waals surface area contributed by atoms with Gasteiger partial charge in [-0.05, 0) is 56.2 Å². The van der Waals surface area contributed by atoms with E-state index in [1.165, 1.54) is 0 Å². The van der Waals surface area contributed by atoms with Gasteiger partial charge in [0.2, 0.25) is 5.95 Å². The predicted octanol–water partition coefficient (Wildman–Crippen LogP) is 5.35. The van der Waals surface area contributed by atoms with E-state index in [0.29, 0.717) is 32.6 Å². The average Bonchev–Trinajstić information content (AvgIpc) is 3.03. The summed E-state index contributed by atoms with van der Waals surface area (Å²) < 4.78 is 1.85. The van der Waals surface area contributed by atoms with Crippen LogP contribution in [0.3, 0.4) is 0 Å². The Balaban J connectivity index is 1.87. The van der Waals surface area contributed by atoms with E-state index in [2.05, 4.69) is 20.2 Å². The Labute approximate surface area is 190 Å². The molecule has 0 radical (unpaired) electrons. The minimum Gasteiger partial charge on any atom is -0.323 e. The molecule has 2 heterocycles. The van der Waals surface area contributed by atoms with Crippen LogP contribution in [0.5, 0.6) is 0 Å². The summed E-state index contributed by atoms with van der Waals surface area (Å²) in [5.74, 6) is 0.546. The highest BCUT2D eigenvalue weighted by Crippen LogP contribution is 2.34. The highest BCUT2D eigenvalue weighted by molar-refractivity contribution is 6.39. The Bertz CT molecular complexity index is 1360. The van der Waals surface area contributed by atoms with Crippen LogP contribution in [0, 0.1) is 6.92 Å². The topological polar surface area (TPSA) is 66.0 Å². The molecule has 0 aliphatic rings. The van der Waals surface area contributed by atoms with E-state index in [1.54, 1.807) is 18.2 Å². The standard InChI is InChI=1S/C23H23Cl2N5O/c1-13-14-10-11-18-21(19(14)22(31)26-17(13)9-6-12-29(2)3)30(4)23(27-18)28-20-15(24)7-5-8-16(20)25/h5-11H,12H2,1-4H3,(H,26,31)(H,27,28)/b9-6+. The second kappa shape index (κ2) is 8.38. The van der Waals surface area contributed by atoms with Crippen LogP contribution in [0.2, 0.25) is 10.0 Å². The molecule has 2 aromatic heterocycles. The van der Waals surface area contributed by atoms with Gasteiger partial charge in [0.05, 0.1) is 32.2 Å². The van der Waals surface area contributed by atoms with Gasteiger partial charge in [0.1, 0.15) is 0 Å². The quantitative estimate of drug-likeness (QED) is 0.425. The van der Waals surface area contributed by atoms with E-state index < -0.39 is 0 Å². The fourth-order valence-corrected chi connectivity index (χ4v) is 4.15. The van der Waals surface area contributed by atoms with Gasteiger partial charge in [-0.15, -0.1) is 0 Å². The fourth-order valence-electron chi connectivity index (χ4n) is 3.66. The molecule has 0 atom stereocenters. The molecule has 0 amide bonds. The van der Waals surface area contributed by atoms with Crippen molar-refractivity contribution in [3.05, 3.63) is 68.1 Å². The maximum Gasteiger partial charge on any atom is 0.258 e. The molecule has 8 heteroatoms. The maximum absolute atomic E-state index is 13.1. The second-order valence-electron chi connectivity index (χ2n) is 7.73. The van der Waals surface area contributed by atoms with Crippen LogP contribution in [0.4, 0.5) is 11.6 Å². The van der Waals surface area contributed by atoms with Crippen molar-refractivity contribution in [3.63, 3.8) is 0 Å². The number of hydrogen-bond acceptors (Lipinski definition) is 4. The van der Waals surface area contributed by atoms with Crippen LogP contribution in [0.25, 0.3) is 27.9 Å². The minimum absolute atomic E-state index is 0.152. The van der Waals surface area contributed by atoms with Gasteiger partial charge in [-0.25, -0.2) is 4.98 Å². The lowest BCUT2D eigenvalue weighted by Gasteiger charge is -2.11. The number of imidazole rings is 1. The Kier molecular flexibility index (Phi) is 5.79. The third-order valence-electron chi connectivity index (χ3n) is 5.27. The van der Waals surface area contributed by atoms with E-state index >= 15 is 0 Å². The van der Waals surface area contributed by atoms with Crippen LogP contribution < -0.4 is 10.9 Å². The first kappa shape index (κ1) is 21.4. The Morgan fingerprint density at radius 3 is 2.58 bits per heavy atom. The summed E-state index contributed by atoms with van der Waals surface area (Å²) in [7, 11) is 5.86. The van der Waals surface area contributed by atoms with Crippen LogP contribution in [-0.2, 0) is 7.05 Å². The van der Waals surface area contributed by atoms with Crippen LogP contribution >= 0.6 is 23.2 Å². The number of aromatic amines is 1. The van der Waals surface area contributed by atoms with Crippen molar-refractivity contribution >= 4 is 62.7 Å². The molecule has 0 aliphatic heterocycles. The number of nitrogens with zero attached hydrogens (tertiary/aromatic N) is 3. The lowest BCUT2D eigenvalue weighted by molar-refractivity contribution is 0.457. The number of anilines is 2. The van der Waals surface area contributed by atoms with E-state index in [9.17, 15) is 4.79 Å². The number of aromatic nitrogens is 3. The lowest BCUT2D eigenvalue weighted by atomic mass is 10.0. The molecule has 160 valence electrons. The third kappa shape index (κ3) is 3.94. The van der Waals surface area contributed by atoms with Gasteiger partial charge in [0.25, 0.3) is 5.56 Å². The molecule has 0 aliphatic carbocycles. The number of halogens is 2. The number of pyridine rings is 1. The van der Waals surface area contributed by atoms with E-state index in [4.69, 9.17) is 23.2 Å². The zero-order valence-electron chi connectivity index (χ0n) is 17.8. The summed E-state index contributed by atoms with van der Waals surface area (Å²) in [5.41, 5.74) is 3.70. The average molecular weight is 456 g/mol. The van der Waals surface area contributed by atoms with Crippen molar-refractivity contribution in [2.45, 2.75) is 6.92 Å². The molecule has 0 saturated carbocycles. The molecule has 6 nitrogen and oxygen atoms in total. The molecule has 4 aromatic rings. The first-order valence-electron chi connectivity index (χ1n) is 9.82.